The van der Waals surface area contributed by atoms with Gasteiger partial charge in [0.1, 0.15) is 0 Å². The van der Waals surface area contributed by atoms with E-state index in [1.54, 1.807) is 11.3 Å². The van der Waals surface area contributed by atoms with Crippen molar-refractivity contribution in [1.82, 2.24) is 10.3 Å². The molecule has 0 saturated heterocycles. The molecule has 0 aliphatic carbocycles. The molecule has 1 aromatic carbocycles. The van der Waals surface area contributed by atoms with Crippen LogP contribution < -0.4 is 5.32 Å². The summed E-state index contributed by atoms with van der Waals surface area (Å²) < 4.78 is 1.15. The number of hydrogen-bond acceptors (Lipinski definition) is 3. The van der Waals surface area contributed by atoms with Crippen LogP contribution in [-0.2, 0) is 13.1 Å². The lowest BCUT2D eigenvalue weighted by molar-refractivity contribution is 0.698. The number of thiazole rings is 1. The monoisotopic (exact) mass is 282 g/mol. The van der Waals surface area contributed by atoms with E-state index in [-0.39, 0.29) is 0 Å². The highest BCUT2D eigenvalue weighted by molar-refractivity contribution is 9.10. The molecule has 0 aliphatic heterocycles. The van der Waals surface area contributed by atoms with E-state index in [2.05, 4.69) is 44.4 Å². The van der Waals surface area contributed by atoms with E-state index >= 15 is 0 Å². The maximum atomic E-state index is 4.03. The normalized spacial score (nSPS) is 10.5. The van der Waals surface area contributed by atoms with Crippen LogP contribution in [0.15, 0.2) is 40.4 Å². The summed E-state index contributed by atoms with van der Waals surface area (Å²) in [5.41, 5.74) is 3.14. The Balaban J connectivity index is 1.86. The zero-order valence-electron chi connectivity index (χ0n) is 8.11. The second-order valence-corrected chi connectivity index (χ2v) is 4.99. The lowest BCUT2D eigenvalue weighted by Crippen LogP contribution is -2.11. The fourth-order valence-corrected chi connectivity index (χ4v) is 2.28. The Morgan fingerprint density at radius 3 is 2.87 bits per heavy atom. The number of rotatable bonds is 4. The summed E-state index contributed by atoms with van der Waals surface area (Å²) in [6, 6.07) is 8.25. The standard InChI is InChI=1S/C11H11BrN2S/c12-11-4-2-1-3-9(11)5-13-6-10-7-14-8-15-10/h1-4,7-8,13H,5-6H2. The maximum absolute atomic E-state index is 4.03. The van der Waals surface area contributed by atoms with Crippen molar-refractivity contribution >= 4 is 27.3 Å². The van der Waals surface area contributed by atoms with Crippen LogP contribution in [0.5, 0.6) is 0 Å². The molecular weight excluding hydrogens is 272 g/mol. The fraction of sp³-hybridized carbons (Fsp3) is 0.182. The van der Waals surface area contributed by atoms with Gasteiger partial charge in [-0.15, -0.1) is 11.3 Å². The molecule has 1 heterocycles. The molecule has 0 spiro atoms. The van der Waals surface area contributed by atoms with Gasteiger partial charge in [-0.25, -0.2) is 0 Å². The number of aromatic nitrogens is 1. The number of hydrogen-bond donors (Lipinski definition) is 1. The molecule has 0 radical (unpaired) electrons. The summed E-state index contributed by atoms with van der Waals surface area (Å²) in [5.74, 6) is 0. The minimum Gasteiger partial charge on any atom is -0.308 e. The van der Waals surface area contributed by atoms with E-state index in [0.29, 0.717) is 0 Å². The van der Waals surface area contributed by atoms with Gasteiger partial charge in [0.05, 0.1) is 5.51 Å². The molecule has 15 heavy (non-hydrogen) atoms. The third kappa shape index (κ3) is 3.12. The highest BCUT2D eigenvalue weighted by Gasteiger charge is 1.98. The van der Waals surface area contributed by atoms with Gasteiger partial charge in [0.2, 0.25) is 0 Å². The first-order chi connectivity index (χ1) is 7.36. The number of halogens is 1. The van der Waals surface area contributed by atoms with Gasteiger partial charge < -0.3 is 5.32 Å². The molecule has 0 bridgehead atoms. The molecule has 0 aliphatic rings. The summed E-state index contributed by atoms with van der Waals surface area (Å²) in [6.45, 7) is 1.76. The second kappa shape index (κ2) is 5.39. The smallest absolute Gasteiger partial charge is 0.0794 e. The fourth-order valence-electron chi connectivity index (χ4n) is 1.29. The summed E-state index contributed by atoms with van der Waals surface area (Å²) in [5, 5.41) is 3.39. The van der Waals surface area contributed by atoms with Crippen LogP contribution in [0, 0.1) is 0 Å². The molecule has 78 valence electrons. The molecular formula is C11H11BrN2S. The number of nitrogens with one attached hydrogen (secondary N) is 1. The minimum atomic E-state index is 0.874. The lowest BCUT2D eigenvalue weighted by Gasteiger charge is -2.04. The van der Waals surface area contributed by atoms with Gasteiger partial charge in [0.25, 0.3) is 0 Å². The Bertz CT molecular complexity index is 414. The molecule has 2 rings (SSSR count). The zero-order chi connectivity index (χ0) is 10.5. The summed E-state index contributed by atoms with van der Waals surface area (Å²) in [6.07, 6.45) is 1.90. The number of benzene rings is 1. The van der Waals surface area contributed by atoms with Crippen LogP contribution in [0.3, 0.4) is 0 Å². The second-order valence-electron chi connectivity index (χ2n) is 3.16. The first-order valence-electron chi connectivity index (χ1n) is 4.68. The van der Waals surface area contributed by atoms with Gasteiger partial charge in [-0.05, 0) is 11.6 Å². The highest BCUT2D eigenvalue weighted by atomic mass is 79.9. The van der Waals surface area contributed by atoms with Gasteiger partial charge in [0, 0.05) is 28.6 Å². The van der Waals surface area contributed by atoms with Gasteiger partial charge in [0.15, 0.2) is 0 Å². The average Bonchev–Trinajstić information content (AvgIpc) is 2.74. The van der Waals surface area contributed by atoms with Crippen LogP contribution in [0.4, 0.5) is 0 Å². The van der Waals surface area contributed by atoms with Gasteiger partial charge in [-0.2, -0.15) is 0 Å². The highest BCUT2D eigenvalue weighted by Crippen LogP contribution is 2.15. The van der Waals surface area contributed by atoms with Crippen LogP contribution in [0.1, 0.15) is 10.4 Å². The van der Waals surface area contributed by atoms with Crippen molar-refractivity contribution in [2.75, 3.05) is 0 Å². The Morgan fingerprint density at radius 2 is 2.13 bits per heavy atom. The Morgan fingerprint density at radius 1 is 1.27 bits per heavy atom. The molecule has 0 unspecified atom stereocenters. The van der Waals surface area contributed by atoms with E-state index in [4.69, 9.17) is 0 Å². The molecule has 0 amide bonds. The third-order valence-electron chi connectivity index (χ3n) is 2.06. The molecule has 4 heteroatoms. The Kier molecular flexibility index (Phi) is 3.88. The molecule has 1 N–H and O–H groups in total. The van der Waals surface area contributed by atoms with E-state index in [9.17, 15) is 0 Å². The topological polar surface area (TPSA) is 24.9 Å². The van der Waals surface area contributed by atoms with Crippen molar-refractivity contribution in [3.8, 4) is 0 Å². The van der Waals surface area contributed by atoms with E-state index in [1.807, 2.05) is 17.8 Å². The minimum absolute atomic E-state index is 0.874. The first-order valence-corrected chi connectivity index (χ1v) is 6.35. The van der Waals surface area contributed by atoms with Crippen LogP contribution in [0.25, 0.3) is 0 Å². The van der Waals surface area contributed by atoms with Crippen LogP contribution in [0.2, 0.25) is 0 Å². The van der Waals surface area contributed by atoms with Crippen molar-refractivity contribution in [2.45, 2.75) is 13.1 Å². The Hall–Kier alpha value is -0.710. The zero-order valence-corrected chi connectivity index (χ0v) is 10.5. The first kappa shape index (κ1) is 10.8. The quantitative estimate of drug-likeness (QED) is 0.932. The van der Waals surface area contributed by atoms with E-state index < -0.39 is 0 Å². The van der Waals surface area contributed by atoms with Crippen molar-refractivity contribution in [3.05, 3.63) is 50.9 Å². The van der Waals surface area contributed by atoms with Crippen molar-refractivity contribution in [1.29, 1.82) is 0 Å². The van der Waals surface area contributed by atoms with Crippen molar-refractivity contribution in [3.63, 3.8) is 0 Å². The third-order valence-corrected chi connectivity index (χ3v) is 3.61. The van der Waals surface area contributed by atoms with E-state index in [0.717, 1.165) is 17.6 Å². The molecule has 0 saturated carbocycles. The average molecular weight is 283 g/mol. The number of nitrogens with zero attached hydrogens (tertiary/aromatic N) is 1. The van der Waals surface area contributed by atoms with Crippen LogP contribution in [-0.4, -0.2) is 4.98 Å². The summed E-state index contributed by atoms with van der Waals surface area (Å²) in [7, 11) is 0. The molecule has 0 atom stereocenters. The van der Waals surface area contributed by atoms with Crippen LogP contribution >= 0.6 is 27.3 Å². The van der Waals surface area contributed by atoms with Crippen molar-refractivity contribution in [2.24, 2.45) is 0 Å². The summed E-state index contributed by atoms with van der Waals surface area (Å²) >= 11 is 5.20. The van der Waals surface area contributed by atoms with Gasteiger partial charge in [-0.3, -0.25) is 4.98 Å². The van der Waals surface area contributed by atoms with E-state index in [1.165, 1.54) is 10.4 Å². The van der Waals surface area contributed by atoms with Gasteiger partial charge >= 0.3 is 0 Å². The molecule has 1 aromatic heterocycles. The summed E-state index contributed by atoms with van der Waals surface area (Å²) in [4.78, 5) is 5.30. The largest absolute Gasteiger partial charge is 0.308 e. The molecule has 2 aromatic rings. The SMILES string of the molecule is Brc1ccccc1CNCc1cncs1. The molecule has 0 fully saturated rings. The predicted molar refractivity (Wildman–Crippen MR) is 66.8 cm³/mol. The van der Waals surface area contributed by atoms with Gasteiger partial charge in [-0.1, -0.05) is 34.1 Å². The molecule has 2 nitrogen and oxygen atoms in total. The maximum Gasteiger partial charge on any atom is 0.0794 e. The predicted octanol–water partition coefficient (Wildman–Crippen LogP) is 3.20. The Labute approximate surface area is 101 Å². The lowest BCUT2D eigenvalue weighted by atomic mass is 10.2. The van der Waals surface area contributed by atoms with Crippen molar-refractivity contribution < 1.29 is 0 Å².